The lowest BCUT2D eigenvalue weighted by molar-refractivity contribution is 0.0724. The first-order valence-electron chi connectivity index (χ1n) is 8.50. The van der Waals surface area contributed by atoms with E-state index in [1.807, 2.05) is 43.3 Å². The first-order valence-corrected chi connectivity index (χ1v) is 8.87. The number of aromatic nitrogens is 2. The SMILES string of the molecule is CN(C)CCN(Cc1cccc(Cl)c1)C(=O)c1n[nH]c2c1CNCC2.Cl. The third-order valence-electron chi connectivity index (χ3n) is 4.38. The Morgan fingerprint density at radius 1 is 1.31 bits per heavy atom. The largest absolute Gasteiger partial charge is 0.332 e. The molecular weight excluding hydrogens is 373 g/mol. The summed E-state index contributed by atoms with van der Waals surface area (Å²) >= 11 is 6.09. The van der Waals surface area contributed by atoms with Crippen LogP contribution >= 0.6 is 24.0 Å². The molecule has 1 aliphatic rings. The van der Waals surface area contributed by atoms with Gasteiger partial charge in [0.1, 0.15) is 0 Å². The van der Waals surface area contributed by atoms with Gasteiger partial charge in [-0.15, -0.1) is 12.4 Å². The maximum atomic E-state index is 13.1. The number of hydrogen-bond acceptors (Lipinski definition) is 4. The van der Waals surface area contributed by atoms with Gasteiger partial charge < -0.3 is 15.1 Å². The minimum atomic E-state index is -0.0389. The molecular formula is C18H25Cl2N5O. The fourth-order valence-electron chi connectivity index (χ4n) is 2.98. The number of carbonyl (C=O) groups excluding carboxylic acids is 1. The van der Waals surface area contributed by atoms with Crippen molar-refractivity contribution in [3.8, 4) is 0 Å². The van der Waals surface area contributed by atoms with Crippen LogP contribution < -0.4 is 5.32 Å². The van der Waals surface area contributed by atoms with Gasteiger partial charge in [-0.25, -0.2) is 0 Å². The van der Waals surface area contributed by atoms with Crippen LogP contribution in [0.2, 0.25) is 5.02 Å². The number of nitrogens with zero attached hydrogens (tertiary/aromatic N) is 3. The van der Waals surface area contributed by atoms with E-state index in [0.29, 0.717) is 30.4 Å². The van der Waals surface area contributed by atoms with Crippen LogP contribution in [0.25, 0.3) is 0 Å². The average Bonchev–Trinajstić information content (AvgIpc) is 3.02. The number of nitrogens with one attached hydrogen (secondary N) is 2. The molecule has 2 N–H and O–H groups in total. The molecule has 0 fully saturated rings. The maximum absolute atomic E-state index is 13.1. The fourth-order valence-corrected chi connectivity index (χ4v) is 3.19. The minimum Gasteiger partial charge on any atom is -0.332 e. The zero-order valence-corrected chi connectivity index (χ0v) is 16.7. The highest BCUT2D eigenvalue weighted by molar-refractivity contribution is 6.30. The van der Waals surface area contributed by atoms with Gasteiger partial charge >= 0.3 is 0 Å². The number of benzene rings is 1. The van der Waals surface area contributed by atoms with Gasteiger partial charge in [-0.2, -0.15) is 5.10 Å². The van der Waals surface area contributed by atoms with Crippen molar-refractivity contribution in [2.45, 2.75) is 19.5 Å². The maximum Gasteiger partial charge on any atom is 0.275 e. The van der Waals surface area contributed by atoms with Gasteiger partial charge in [-0.05, 0) is 31.8 Å². The first-order chi connectivity index (χ1) is 12.0. The van der Waals surface area contributed by atoms with E-state index in [0.717, 1.165) is 36.3 Å². The lowest BCUT2D eigenvalue weighted by atomic mass is 10.1. The smallest absolute Gasteiger partial charge is 0.275 e. The molecule has 8 heteroatoms. The molecule has 0 spiro atoms. The molecule has 2 aromatic rings. The molecule has 0 atom stereocenters. The van der Waals surface area contributed by atoms with Crippen LogP contribution in [-0.2, 0) is 19.5 Å². The summed E-state index contributed by atoms with van der Waals surface area (Å²) in [7, 11) is 4.00. The van der Waals surface area contributed by atoms with Gasteiger partial charge in [0.15, 0.2) is 5.69 Å². The van der Waals surface area contributed by atoms with Crippen molar-refractivity contribution in [2.75, 3.05) is 33.7 Å². The lowest BCUT2D eigenvalue weighted by Gasteiger charge is -2.25. The molecule has 2 heterocycles. The monoisotopic (exact) mass is 397 g/mol. The fraction of sp³-hybridized carbons (Fsp3) is 0.444. The van der Waals surface area contributed by atoms with Crippen LogP contribution in [0.1, 0.15) is 27.3 Å². The highest BCUT2D eigenvalue weighted by Gasteiger charge is 2.25. The summed E-state index contributed by atoms with van der Waals surface area (Å²) < 4.78 is 0. The van der Waals surface area contributed by atoms with E-state index in [1.165, 1.54) is 0 Å². The van der Waals surface area contributed by atoms with Crippen molar-refractivity contribution in [1.29, 1.82) is 0 Å². The van der Waals surface area contributed by atoms with Crippen molar-refractivity contribution < 1.29 is 4.79 Å². The highest BCUT2D eigenvalue weighted by Crippen LogP contribution is 2.19. The van der Waals surface area contributed by atoms with E-state index >= 15 is 0 Å². The molecule has 142 valence electrons. The zero-order valence-electron chi connectivity index (χ0n) is 15.1. The zero-order chi connectivity index (χ0) is 17.8. The molecule has 1 aliphatic heterocycles. The number of H-pyrrole nitrogens is 1. The summed E-state index contributed by atoms with van der Waals surface area (Å²) in [4.78, 5) is 17.1. The standard InChI is InChI=1S/C18H24ClN5O.ClH/c1-23(2)8-9-24(12-13-4-3-5-14(19)10-13)18(25)17-15-11-20-7-6-16(15)21-22-17;/h3-5,10,20H,6-9,11-12H2,1-2H3,(H,21,22);1H. The Balaban J connectivity index is 0.00000243. The number of halogens is 2. The normalized spacial score (nSPS) is 13.2. The number of likely N-dealkylation sites (N-methyl/N-ethyl adjacent to an activating group) is 1. The summed E-state index contributed by atoms with van der Waals surface area (Å²) in [6, 6.07) is 7.64. The van der Waals surface area contributed by atoms with Crippen molar-refractivity contribution in [2.24, 2.45) is 0 Å². The van der Waals surface area contributed by atoms with Gasteiger partial charge in [0.05, 0.1) is 0 Å². The van der Waals surface area contributed by atoms with Crippen LogP contribution in [0.4, 0.5) is 0 Å². The predicted octanol–water partition coefficient (Wildman–Crippen LogP) is 2.33. The van der Waals surface area contributed by atoms with Crippen LogP contribution in [0, 0.1) is 0 Å². The van der Waals surface area contributed by atoms with E-state index in [4.69, 9.17) is 11.6 Å². The minimum absolute atomic E-state index is 0. The number of aromatic amines is 1. The molecule has 0 saturated heterocycles. The number of amides is 1. The molecule has 0 saturated carbocycles. The molecule has 3 rings (SSSR count). The van der Waals surface area contributed by atoms with Crippen LogP contribution in [0.15, 0.2) is 24.3 Å². The Morgan fingerprint density at radius 3 is 2.85 bits per heavy atom. The third kappa shape index (κ3) is 4.98. The summed E-state index contributed by atoms with van der Waals surface area (Å²) in [5.41, 5.74) is 3.61. The summed E-state index contributed by atoms with van der Waals surface area (Å²) in [5.74, 6) is -0.0389. The number of fused-ring (bicyclic) bond motifs is 1. The van der Waals surface area contributed by atoms with Crippen LogP contribution in [0.3, 0.4) is 0 Å². The molecule has 6 nitrogen and oxygen atoms in total. The lowest BCUT2D eigenvalue weighted by Crippen LogP contribution is -2.37. The second-order valence-electron chi connectivity index (χ2n) is 6.62. The summed E-state index contributed by atoms with van der Waals surface area (Å²) in [6.45, 7) is 3.54. The molecule has 1 amide bonds. The molecule has 1 aromatic heterocycles. The Hall–Kier alpha value is -1.60. The average molecular weight is 398 g/mol. The van der Waals surface area contributed by atoms with Crippen LogP contribution in [0.5, 0.6) is 0 Å². The van der Waals surface area contributed by atoms with E-state index in [9.17, 15) is 4.79 Å². The molecule has 0 radical (unpaired) electrons. The molecule has 1 aromatic carbocycles. The van der Waals surface area contributed by atoms with E-state index in [2.05, 4.69) is 20.4 Å². The molecule has 0 bridgehead atoms. The third-order valence-corrected chi connectivity index (χ3v) is 4.61. The Morgan fingerprint density at radius 2 is 2.12 bits per heavy atom. The van der Waals surface area contributed by atoms with Crippen molar-refractivity contribution in [3.63, 3.8) is 0 Å². The summed E-state index contributed by atoms with van der Waals surface area (Å²) in [6.07, 6.45) is 0.877. The summed E-state index contributed by atoms with van der Waals surface area (Å²) in [5, 5.41) is 11.3. The second kappa shape index (κ2) is 9.37. The van der Waals surface area contributed by atoms with E-state index < -0.39 is 0 Å². The molecule has 0 unspecified atom stereocenters. The first kappa shape index (κ1) is 20.7. The Labute approximate surface area is 165 Å². The van der Waals surface area contributed by atoms with E-state index in [1.54, 1.807) is 0 Å². The van der Waals surface area contributed by atoms with Crippen LogP contribution in [-0.4, -0.2) is 59.6 Å². The second-order valence-corrected chi connectivity index (χ2v) is 7.05. The number of rotatable bonds is 6. The van der Waals surface area contributed by atoms with E-state index in [-0.39, 0.29) is 18.3 Å². The van der Waals surface area contributed by atoms with Gasteiger partial charge in [0.2, 0.25) is 0 Å². The van der Waals surface area contributed by atoms with Gasteiger partial charge in [0.25, 0.3) is 5.91 Å². The predicted molar refractivity (Wildman–Crippen MR) is 106 cm³/mol. The number of hydrogen-bond donors (Lipinski definition) is 2. The van der Waals surface area contributed by atoms with Gasteiger partial charge in [-0.1, -0.05) is 23.7 Å². The van der Waals surface area contributed by atoms with Crippen molar-refractivity contribution >= 4 is 29.9 Å². The molecule has 0 aliphatic carbocycles. The van der Waals surface area contributed by atoms with Gasteiger partial charge in [0, 0.05) is 55.4 Å². The number of carbonyl (C=O) groups is 1. The Kier molecular flexibility index (Phi) is 7.46. The Bertz CT molecular complexity index is 747. The van der Waals surface area contributed by atoms with Crippen molar-refractivity contribution in [1.82, 2.24) is 25.3 Å². The van der Waals surface area contributed by atoms with Crippen molar-refractivity contribution in [3.05, 3.63) is 51.8 Å². The topological polar surface area (TPSA) is 64.3 Å². The van der Waals surface area contributed by atoms with Gasteiger partial charge in [-0.3, -0.25) is 9.89 Å². The highest BCUT2D eigenvalue weighted by atomic mass is 35.5. The molecule has 26 heavy (non-hydrogen) atoms. The quantitative estimate of drug-likeness (QED) is 0.784.